The first-order chi connectivity index (χ1) is 9.47. The van der Waals surface area contributed by atoms with E-state index in [-0.39, 0.29) is 17.5 Å². The highest BCUT2D eigenvalue weighted by Gasteiger charge is 2.22. The van der Waals surface area contributed by atoms with E-state index in [1.807, 2.05) is 13.0 Å². The van der Waals surface area contributed by atoms with E-state index in [4.69, 9.17) is 9.47 Å². The van der Waals surface area contributed by atoms with Gasteiger partial charge in [0.25, 0.3) is 0 Å². The molecule has 0 aliphatic rings. The fourth-order valence-electron chi connectivity index (χ4n) is 2.08. The molecule has 1 aromatic carbocycles. The topological polar surface area (TPSA) is 64.6 Å². The number of hydrogen-bond acceptors (Lipinski definition) is 5. The average molecular weight is 301 g/mol. The largest absolute Gasteiger partial charge is 0.497 e. The molecule has 0 spiro atoms. The molecule has 0 amide bonds. The summed E-state index contributed by atoms with van der Waals surface area (Å²) in [5.41, 5.74) is 0.815. The summed E-state index contributed by atoms with van der Waals surface area (Å²) >= 11 is 0. The van der Waals surface area contributed by atoms with Gasteiger partial charge in [-0.1, -0.05) is 13.0 Å². The Labute approximate surface area is 121 Å². The molecule has 0 aliphatic carbocycles. The summed E-state index contributed by atoms with van der Waals surface area (Å²) in [6, 6.07) is 5.09. The number of ether oxygens (including phenoxy) is 2. The van der Waals surface area contributed by atoms with Crippen molar-refractivity contribution in [3.63, 3.8) is 0 Å². The third kappa shape index (κ3) is 4.38. The highest BCUT2D eigenvalue weighted by atomic mass is 32.2. The summed E-state index contributed by atoms with van der Waals surface area (Å²) in [7, 11) is 1.80. The van der Waals surface area contributed by atoms with Crippen LogP contribution < -0.4 is 14.8 Å². The van der Waals surface area contributed by atoms with Crippen LogP contribution in [0.25, 0.3) is 0 Å². The summed E-state index contributed by atoms with van der Waals surface area (Å²) in [5.74, 6) is 1.55. The molecule has 0 heterocycles. The first-order valence-corrected chi connectivity index (χ1v) is 8.39. The molecule has 0 bridgehead atoms. The van der Waals surface area contributed by atoms with Crippen LogP contribution in [0, 0.1) is 0 Å². The van der Waals surface area contributed by atoms with Gasteiger partial charge in [0.2, 0.25) is 0 Å². The van der Waals surface area contributed by atoms with E-state index >= 15 is 0 Å². The maximum Gasteiger partial charge on any atom is 0.152 e. The smallest absolute Gasteiger partial charge is 0.152 e. The lowest BCUT2D eigenvalue weighted by molar-refractivity contribution is 0.387. The molecule has 1 N–H and O–H groups in total. The van der Waals surface area contributed by atoms with Crippen LogP contribution in [0.3, 0.4) is 0 Å². The minimum atomic E-state index is -3.08. The predicted octanol–water partition coefficient (Wildman–Crippen LogP) is 1.79. The zero-order valence-corrected chi connectivity index (χ0v) is 13.3. The van der Waals surface area contributed by atoms with Crippen LogP contribution in [0.1, 0.15) is 24.9 Å². The first kappa shape index (κ1) is 16.8. The van der Waals surface area contributed by atoms with Crippen LogP contribution in [-0.2, 0) is 9.84 Å². The molecule has 0 radical (unpaired) electrons. The Morgan fingerprint density at radius 1 is 1.25 bits per heavy atom. The van der Waals surface area contributed by atoms with E-state index in [2.05, 4.69) is 5.32 Å². The summed E-state index contributed by atoms with van der Waals surface area (Å²) in [6.07, 6.45) is 0.624. The average Bonchev–Trinajstić information content (AvgIpc) is 2.44. The Bertz CT molecular complexity index is 528. The number of benzene rings is 1. The SMILES string of the molecule is CCCS(=O)(=O)CC(NC)c1ccc(OC)cc1OC. The molecule has 0 aromatic heterocycles. The molecule has 1 rings (SSSR count). The molecule has 1 unspecified atom stereocenters. The van der Waals surface area contributed by atoms with Crippen LogP contribution in [0.15, 0.2) is 18.2 Å². The Kier molecular flexibility index (Phi) is 6.29. The highest BCUT2D eigenvalue weighted by Crippen LogP contribution is 2.30. The van der Waals surface area contributed by atoms with Crippen molar-refractivity contribution >= 4 is 9.84 Å². The molecular formula is C14H23NO4S. The van der Waals surface area contributed by atoms with Gasteiger partial charge in [0, 0.05) is 23.4 Å². The van der Waals surface area contributed by atoms with E-state index in [0.29, 0.717) is 17.9 Å². The van der Waals surface area contributed by atoms with Gasteiger partial charge in [0.15, 0.2) is 9.84 Å². The summed E-state index contributed by atoms with van der Waals surface area (Å²) < 4.78 is 34.5. The number of nitrogens with one attached hydrogen (secondary N) is 1. The molecule has 5 nitrogen and oxygen atoms in total. The quantitative estimate of drug-likeness (QED) is 0.793. The number of methoxy groups -OCH3 is 2. The van der Waals surface area contributed by atoms with E-state index in [0.717, 1.165) is 5.56 Å². The fraction of sp³-hybridized carbons (Fsp3) is 0.571. The molecule has 6 heteroatoms. The van der Waals surface area contributed by atoms with E-state index in [1.54, 1.807) is 33.4 Å². The molecule has 0 saturated carbocycles. The number of sulfone groups is 1. The second kappa shape index (κ2) is 7.50. The predicted molar refractivity (Wildman–Crippen MR) is 80.3 cm³/mol. The lowest BCUT2D eigenvalue weighted by Gasteiger charge is -2.20. The minimum Gasteiger partial charge on any atom is -0.497 e. The Hall–Kier alpha value is -1.27. The maximum atomic E-state index is 12.0. The molecule has 20 heavy (non-hydrogen) atoms. The molecule has 0 saturated heterocycles. The zero-order chi connectivity index (χ0) is 15.2. The highest BCUT2D eigenvalue weighted by molar-refractivity contribution is 7.91. The van der Waals surface area contributed by atoms with Gasteiger partial charge in [-0.2, -0.15) is 0 Å². The monoisotopic (exact) mass is 301 g/mol. The molecule has 0 aliphatic heterocycles. The standard InChI is InChI=1S/C14H23NO4S/c1-5-8-20(16,17)10-13(15-2)12-7-6-11(18-3)9-14(12)19-4/h6-7,9,13,15H,5,8,10H2,1-4H3. The van der Waals surface area contributed by atoms with Crippen molar-refractivity contribution in [2.24, 2.45) is 0 Å². The van der Waals surface area contributed by atoms with Gasteiger partial charge in [0.1, 0.15) is 11.5 Å². The fourth-order valence-corrected chi connectivity index (χ4v) is 3.73. The molecule has 1 atom stereocenters. The second-order valence-electron chi connectivity index (χ2n) is 4.56. The van der Waals surface area contributed by atoms with Crippen LogP contribution >= 0.6 is 0 Å². The number of hydrogen-bond donors (Lipinski definition) is 1. The minimum absolute atomic E-state index is 0.0556. The van der Waals surface area contributed by atoms with E-state index < -0.39 is 9.84 Å². The normalized spacial score (nSPS) is 13.0. The van der Waals surface area contributed by atoms with Gasteiger partial charge >= 0.3 is 0 Å². The third-order valence-electron chi connectivity index (χ3n) is 3.10. The molecule has 1 aromatic rings. The van der Waals surface area contributed by atoms with Gasteiger partial charge in [0.05, 0.1) is 20.0 Å². The third-order valence-corrected chi connectivity index (χ3v) is 4.97. The summed E-state index contributed by atoms with van der Waals surface area (Å²) in [6.45, 7) is 1.86. The molecule has 0 fully saturated rings. The van der Waals surface area contributed by atoms with Gasteiger partial charge in [-0.15, -0.1) is 0 Å². The lowest BCUT2D eigenvalue weighted by atomic mass is 10.1. The van der Waals surface area contributed by atoms with Crippen molar-refractivity contribution in [3.05, 3.63) is 23.8 Å². The van der Waals surface area contributed by atoms with Crippen molar-refractivity contribution < 1.29 is 17.9 Å². The summed E-state index contributed by atoms with van der Waals surface area (Å²) in [4.78, 5) is 0. The van der Waals surface area contributed by atoms with Crippen molar-refractivity contribution in [1.82, 2.24) is 5.32 Å². The lowest BCUT2D eigenvalue weighted by Crippen LogP contribution is -2.27. The van der Waals surface area contributed by atoms with Gasteiger partial charge < -0.3 is 14.8 Å². The van der Waals surface area contributed by atoms with Crippen LogP contribution in [0.5, 0.6) is 11.5 Å². The molecular weight excluding hydrogens is 278 g/mol. The van der Waals surface area contributed by atoms with E-state index in [9.17, 15) is 8.42 Å². The number of rotatable bonds is 8. The first-order valence-electron chi connectivity index (χ1n) is 6.57. The van der Waals surface area contributed by atoms with Crippen molar-refractivity contribution in [2.45, 2.75) is 19.4 Å². The van der Waals surface area contributed by atoms with Gasteiger partial charge in [-0.3, -0.25) is 0 Å². The van der Waals surface area contributed by atoms with Crippen molar-refractivity contribution in [1.29, 1.82) is 0 Å². The summed E-state index contributed by atoms with van der Waals surface area (Å²) in [5, 5.41) is 3.05. The van der Waals surface area contributed by atoms with Crippen molar-refractivity contribution in [2.75, 3.05) is 32.8 Å². The van der Waals surface area contributed by atoms with Gasteiger partial charge in [-0.25, -0.2) is 8.42 Å². The van der Waals surface area contributed by atoms with E-state index in [1.165, 1.54) is 0 Å². The van der Waals surface area contributed by atoms with Crippen LogP contribution in [-0.4, -0.2) is 41.2 Å². The Morgan fingerprint density at radius 2 is 1.95 bits per heavy atom. The Balaban J connectivity index is 3.06. The molecule has 114 valence electrons. The van der Waals surface area contributed by atoms with Crippen LogP contribution in [0.2, 0.25) is 0 Å². The Morgan fingerprint density at radius 3 is 2.45 bits per heavy atom. The van der Waals surface area contributed by atoms with Crippen LogP contribution in [0.4, 0.5) is 0 Å². The zero-order valence-electron chi connectivity index (χ0n) is 12.5. The van der Waals surface area contributed by atoms with Gasteiger partial charge in [-0.05, 0) is 19.5 Å². The maximum absolute atomic E-state index is 12.0. The van der Waals surface area contributed by atoms with Crippen molar-refractivity contribution in [3.8, 4) is 11.5 Å². The second-order valence-corrected chi connectivity index (χ2v) is 6.79.